The van der Waals surface area contributed by atoms with E-state index in [-0.39, 0.29) is 38.4 Å². The van der Waals surface area contributed by atoms with E-state index >= 15 is 0 Å². The van der Waals surface area contributed by atoms with Gasteiger partial charge in [-0.2, -0.15) is 0 Å². The quantitative estimate of drug-likeness (QED) is 0.668. The highest BCUT2D eigenvalue weighted by Crippen LogP contribution is 2.35. The van der Waals surface area contributed by atoms with Crippen LogP contribution in [0.1, 0.15) is 15.9 Å². The highest BCUT2D eigenvalue weighted by molar-refractivity contribution is 7.91. The monoisotopic (exact) mass is 433 g/mol. The molecule has 2 aromatic carbocycles. The van der Waals surface area contributed by atoms with Gasteiger partial charge in [0.05, 0.1) is 38.3 Å². The van der Waals surface area contributed by atoms with E-state index in [0.29, 0.717) is 0 Å². The molecule has 10 heteroatoms. The molecular formula is C17H17Cl2NO6S. The molecule has 0 aliphatic rings. The van der Waals surface area contributed by atoms with Gasteiger partial charge in [0, 0.05) is 27.7 Å². The molecular weight excluding hydrogens is 417 g/mol. The average Bonchev–Trinajstić information content (AvgIpc) is 2.63. The van der Waals surface area contributed by atoms with Gasteiger partial charge in [0.25, 0.3) is 0 Å². The summed E-state index contributed by atoms with van der Waals surface area (Å²) in [5.41, 5.74) is 0.181. The number of benzene rings is 2. The van der Waals surface area contributed by atoms with Crippen molar-refractivity contribution in [3.05, 3.63) is 51.5 Å². The first-order valence-corrected chi connectivity index (χ1v) is 9.91. The number of hydrogen-bond acceptors (Lipinski definition) is 6. The summed E-state index contributed by atoms with van der Waals surface area (Å²) in [5.74, 6) is -0.751. The molecule has 0 saturated carbocycles. The van der Waals surface area contributed by atoms with Crippen molar-refractivity contribution in [2.24, 2.45) is 0 Å². The second kappa shape index (κ2) is 8.69. The Hall–Kier alpha value is -2.16. The molecule has 0 unspecified atom stereocenters. The summed E-state index contributed by atoms with van der Waals surface area (Å²) in [6.45, 7) is 0. The standard InChI is InChI=1S/C17H17Cl2NO6S/c1-24-15-7-10(17(21)26-3)14(8-16(15)25-2)20-27(22,23)9-11-12(18)5-4-6-13(11)19/h4-8,20H,9H2,1-3H3. The van der Waals surface area contributed by atoms with E-state index in [1.807, 2.05) is 0 Å². The summed E-state index contributed by atoms with van der Waals surface area (Å²) in [4.78, 5) is 12.1. The maximum absolute atomic E-state index is 12.6. The Bertz CT molecular complexity index is 942. The molecule has 0 aromatic heterocycles. The Morgan fingerprint density at radius 1 is 1.04 bits per heavy atom. The summed E-state index contributed by atoms with van der Waals surface area (Å²) < 4.78 is 42.6. The predicted molar refractivity (Wildman–Crippen MR) is 104 cm³/mol. The molecule has 0 heterocycles. The van der Waals surface area contributed by atoms with Crippen molar-refractivity contribution in [1.82, 2.24) is 0 Å². The largest absolute Gasteiger partial charge is 0.493 e. The SMILES string of the molecule is COC(=O)c1cc(OC)c(OC)cc1NS(=O)(=O)Cc1c(Cl)cccc1Cl. The Labute approximate surface area is 167 Å². The van der Waals surface area contributed by atoms with Crippen molar-refractivity contribution >= 4 is 44.9 Å². The zero-order valence-electron chi connectivity index (χ0n) is 14.7. The molecule has 0 aliphatic carbocycles. The van der Waals surface area contributed by atoms with Crippen LogP contribution in [-0.4, -0.2) is 35.7 Å². The van der Waals surface area contributed by atoms with E-state index in [1.54, 1.807) is 6.07 Å². The smallest absolute Gasteiger partial charge is 0.340 e. The lowest BCUT2D eigenvalue weighted by molar-refractivity contribution is 0.0601. The number of methoxy groups -OCH3 is 3. The van der Waals surface area contributed by atoms with Crippen molar-refractivity contribution in [2.45, 2.75) is 5.75 Å². The molecule has 1 N–H and O–H groups in total. The highest BCUT2D eigenvalue weighted by atomic mass is 35.5. The van der Waals surface area contributed by atoms with Crippen LogP contribution in [-0.2, 0) is 20.5 Å². The molecule has 0 atom stereocenters. The minimum absolute atomic E-state index is 0.0253. The van der Waals surface area contributed by atoms with Crippen LogP contribution in [0, 0.1) is 0 Å². The van der Waals surface area contributed by atoms with Crippen LogP contribution in [0.25, 0.3) is 0 Å². The summed E-state index contributed by atoms with van der Waals surface area (Å²) >= 11 is 12.1. The van der Waals surface area contributed by atoms with Gasteiger partial charge in [-0.1, -0.05) is 29.3 Å². The van der Waals surface area contributed by atoms with Crippen molar-refractivity contribution in [3.8, 4) is 11.5 Å². The number of nitrogens with one attached hydrogen (secondary N) is 1. The Morgan fingerprint density at radius 2 is 1.59 bits per heavy atom. The molecule has 7 nitrogen and oxygen atoms in total. The van der Waals surface area contributed by atoms with E-state index in [2.05, 4.69) is 4.72 Å². The minimum atomic E-state index is -3.96. The van der Waals surface area contributed by atoms with E-state index in [9.17, 15) is 13.2 Å². The topological polar surface area (TPSA) is 90.9 Å². The van der Waals surface area contributed by atoms with Crippen molar-refractivity contribution in [1.29, 1.82) is 0 Å². The third-order valence-electron chi connectivity index (χ3n) is 3.59. The zero-order chi connectivity index (χ0) is 20.2. The molecule has 0 bridgehead atoms. The number of rotatable bonds is 7. The van der Waals surface area contributed by atoms with E-state index < -0.39 is 21.7 Å². The van der Waals surface area contributed by atoms with Crippen molar-refractivity contribution in [2.75, 3.05) is 26.1 Å². The van der Waals surface area contributed by atoms with Crippen LogP contribution in [0.2, 0.25) is 10.0 Å². The number of hydrogen-bond donors (Lipinski definition) is 1. The van der Waals surface area contributed by atoms with Crippen LogP contribution in [0.3, 0.4) is 0 Å². The predicted octanol–water partition coefficient (Wildman–Crippen LogP) is 3.74. The number of halogens is 2. The fraction of sp³-hybridized carbons (Fsp3) is 0.235. The fourth-order valence-electron chi connectivity index (χ4n) is 2.31. The lowest BCUT2D eigenvalue weighted by atomic mass is 10.1. The van der Waals surface area contributed by atoms with Gasteiger partial charge in [0.15, 0.2) is 11.5 Å². The second-order valence-electron chi connectivity index (χ2n) is 5.31. The molecule has 27 heavy (non-hydrogen) atoms. The molecule has 146 valence electrons. The number of carbonyl (C=O) groups excluding carboxylic acids is 1. The maximum Gasteiger partial charge on any atom is 0.340 e. The molecule has 0 spiro atoms. The summed E-state index contributed by atoms with van der Waals surface area (Å²) in [6, 6.07) is 7.34. The molecule has 0 saturated heterocycles. The molecule has 0 aliphatic heterocycles. The lowest BCUT2D eigenvalue weighted by Crippen LogP contribution is -2.18. The van der Waals surface area contributed by atoms with Gasteiger partial charge in [-0.05, 0) is 12.1 Å². The number of ether oxygens (including phenoxy) is 3. The minimum Gasteiger partial charge on any atom is -0.493 e. The van der Waals surface area contributed by atoms with Gasteiger partial charge in [-0.3, -0.25) is 4.72 Å². The highest BCUT2D eigenvalue weighted by Gasteiger charge is 2.23. The summed E-state index contributed by atoms with van der Waals surface area (Å²) in [6.07, 6.45) is 0. The summed E-state index contributed by atoms with van der Waals surface area (Å²) in [7, 11) is -0.00572. The Balaban J connectivity index is 2.46. The van der Waals surface area contributed by atoms with Gasteiger partial charge < -0.3 is 14.2 Å². The maximum atomic E-state index is 12.6. The van der Waals surface area contributed by atoms with Crippen molar-refractivity contribution in [3.63, 3.8) is 0 Å². The number of carbonyl (C=O) groups is 1. The van der Waals surface area contributed by atoms with Gasteiger partial charge in [0.2, 0.25) is 10.0 Å². The second-order valence-corrected chi connectivity index (χ2v) is 7.84. The Morgan fingerprint density at radius 3 is 2.11 bits per heavy atom. The normalized spacial score (nSPS) is 11.0. The van der Waals surface area contributed by atoms with Gasteiger partial charge in [-0.15, -0.1) is 0 Å². The number of sulfonamides is 1. The van der Waals surface area contributed by atoms with Crippen LogP contribution in [0.4, 0.5) is 5.69 Å². The van der Waals surface area contributed by atoms with Gasteiger partial charge in [-0.25, -0.2) is 13.2 Å². The van der Waals surface area contributed by atoms with Gasteiger partial charge in [0.1, 0.15) is 0 Å². The molecule has 2 rings (SSSR count). The Kier molecular flexibility index (Phi) is 6.80. The zero-order valence-corrected chi connectivity index (χ0v) is 17.0. The van der Waals surface area contributed by atoms with E-state index in [4.69, 9.17) is 37.4 Å². The third-order valence-corrected chi connectivity index (χ3v) is 5.50. The lowest BCUT2D eigenvalue weighted by Gasteiger charge is -2.16. The van der Waals surface area contributed by atoms with Gasteiger partial charge >= 0.3 is 5.97 Å². The van der Waals surface area contributed by atoms with Crippen LogP contribution in [0.5, 0.6) is 11.5 Å². The van der Waals surface area contributed by atoms with Crippen LogP contribution < -0.4 is 14.2 Å². The fourth-order valence-corrected chi connectivity index (χ4v) is 4.26. The molecule has 0 radical (unpaired) electrons. The first kappa shape index (κ1) is 21.1. The van der Waals surface area contributed by atoms with Crippen molar-refractivity contribution < 1.29 is 27.4 Å². The molecule has 2 aromatic rings. The summed E-state index contributed by atoms with van der Waals surface area (Å²) in [5, 5.41) is 0.432. The van der Waals surface area contributed by atoms with E-state index in [1.165, 1.54) is 45.6 Å². The average molecular weight is 434 g/mol. The third kappa shape index (κ3) is 4.97. The first-order valence-electron chi connectivity index (χ1n) is 7.50. The number of anilines is 1. The molecule has 0 amide bonds. The first-order chi connectivity index (χ1) is 12.7. The van der Waals surface area contributed by atoms with Crippen LogP contribution in [0.15, 0.2) is 30.3 Å². The van der Waals surface area contributed by atoms with E-state index in [0.717, 1.165) is 0 Å². The molecule has 0 fully saturated rings. The van der Waals surface area contributed by atoms with Crippen LogP contribution >= 0.6 is 23.2 Å². The number of esters is 1.